The SMILES string of the molecule is COc1cccc([C@@H]2C[C@H](O)CN2CC(=O)N2CCN(C)CC2)c1. The number of carbonyl (C=O) groups excluding carboxylic acids is 1. The van der Waals surface area contributed by atoms with E-state index in [1.165, 1.54) is 0 Å². The van der Waals surface area contributed by atoms with Gasteiger partial charge in [0.05, 0.1) is 19.8 Å². The van der Waals surface area contributed by atoms with Crippen LogP contribution < -0.4 is 4.74 Å². The Hall–Kier alpha value is -1.63. The van der Waals surface area contributed by atoms with E-state index in [-0.39, 0.29) is 18.1 Å². The fraction of sp³-hybridized carbons (Fsp3) is 0.611. The minimum Gasteiger partial charge on any atom is -0.497 e. The maximum Gasteiger partial charge on any atom is 0.236 e. The number of piperazine rings is 1. The molecule has 2 atom stereocenters. The van der Waals surface area contributed by atoms with Gasteiger partial charge in [-0.3, -0.25) is 9.69 Å². The highest BCUT2D eigenvalue weighted by molar-refractivity contribution is 5.78. The summed E-state index contributed by atoms with van der Waals surface area (Å²) in [5.74, 6) is 0.962. The minimum absolute atomic E-state index is 0.0616. The number of benzene rings is 1. The van der Waals surface area contributed by atoms with E-state index in [0.29, 0.717) is 19.5 Å². The highest BCUT2D eigenvalue weighted by Crippen LogP contribution is 2.33. The summed E-state index contributed by atoms with van der Waals surface area (Å²) in [7, 11) is 3.73. The van der Waals surface area contributed by atoms with Crippen molar-refractivity contribution in [2.45, 2.75) is 18.6 Å². The van der Waals surface area contributed by atoms with Crippen molar-refractivity contribution in [3.05, 3.63) is 29.8 Å². The average Bonchev–Trinajstić information content (AvgIpc) is 2.96. The number of aliphatic hydroxyl groups excluding tert-OH is 1. The van der Waals surface area contributed by atoms with Gasteiger partial charge in [-0.2, -0.15) is 0 Å². The van der Waals surface area contributed by atoms with E-state index in [9.17, 15) is 9.90 Å². The van der Waals surface area contributed by atoms with E-state index < -0.39 is 0 Å². The van der Waals surface area contributed by atoms with E-state index in [2.05, 4.69) is 16.8 Å². The van der Waals surface area contributed by atoms with Crippen LogP contribution in [-0.2, 0) is 4.79 Å². The third-order valence-corrected chi connectivity index (χ3v) is 5.05. The Balaban J connectivity index is 1.67. The summed E-state index contributed by atoms with van der Waals surface area (Å²) in [4.78, 5) is 18.9. The molecule has 2 aliphatic rings. The Kier molecular flexibility index (Phi) is 5.38. The molecule has 1 N–H and O–H groups in total. The van der Waals surface area contributed by atoms with Gasteiger partial charge >= 0.3 is 0 Å². The molecule has 1 amide bonds. The number of hydrogen-bond acceptors (Lipinski definition) is 5. The summed E-state index contributed by atoms with van der Waals surface area (Å²) >= 11 is 0. The molecule has 1 aromatic rings. The van der Waals surface area contributed by atoms with Gasteiger partial charge in [-0.05, 0) is 31.2 Å². The summed E-state index contributed by atoms with van der Waals surface area (Å²) in [5, 5.41) is 10.1. The third kappa shape index (κ3) is 3.88. The Bertz CT molecular complexity index is 572. The lowest BCUT2D eigenvalue weighted by Gasteiger charge is -2.34. The molecule has 2 saturated heterocycles. The van der Waals surface area contributed by atoms with Crippen LogP contribution in [0.2, 0.25) is 0 Å². The van der Waals surface area contributed by atoms with Crippen LogP contribution in [0.5, 0.6) is 5.75 Å². The normalized spacial score (nSPS) is 25.9. The van der Waals surface area contributed by atoms with Crippen LogP contribution in [0.25, 0.3) is 0 Å². The van der Waals surface area contributed by atoms with Crippen LogP contribution in [0.3, 0.4) is 0 Å². The fourth-order valence-electron chi connectivity index (χ4n) is 3.58. The molecule has 0 bridgehead atoms. The first kappa shape index (κ1) is 17.2. The summed E-state index contributed by atoms with van der Waals surface area (Å²) in [5.41, 5.74) is 1.09. The summed E-state index contributed by atoms with van der Waals surface area (Å²) in [6, 6.07) is 7.97. The van der Waals surface area contributed by atoms with Crippen molar-refractivity contribution in [1.29, 1.82) is 0 Å². The van der Waals surface area contributed by atoms with E-state index in [4.69, 9.17) is 4.74 Å². The topological polar surface area (TPSA) is 56.3 Å². The van der Waals surface area contributed by atoms with Crippen molar-refractivity contribution >= 4 is 5.91 Å². The van der Waals surface area contributed by atoms with Gasteiger partial charge in [0, 0.05) is 38.8 Å². The van der Waals surface area contributed by atoms with Gasteiger partial charge in [-0.25, -0.2) is 0 Å². The number of likely N-dealkylation sites (tertiary alicyclic amines) is 1. The van der Waals surface area contributed by atoms with Crippen LogP contribution in [0.1, 0.15) is 18.0 Å². The van der Waals surface area contributed by atoms with E-state index in [1.54, 1.807) is 7.11 Å². The molecule has 2 heterocycles. The molecule has 0 aromatic heterocycles. The number of ether oxygens (including phenoxy) is 1. The maximum atomic E-state index is 12.6. The zero-order valence-corrected chi connectivity index (χ0v) is 14.5. The lowest BCUT2D eigenvalue weighted by Crippen LogP contribution is -2.50. The molecule has 3 rings (SSSR count). The van der Waals surface area contributed by atoms with Crippen molar-refractivity contribution < 1.29 is 14.6 Å². The molecular weight excluding hydrogens is 306 g/mol. The molecular formula is C18H27N3O3. The standard InChI is InChI=1S/C18H27N3O3/c1-19-6-8-20(9-7-19)18(23)13-21-12-15(22)11-17(21)14-4-3-5-16(10-14)24-2/h3-5,10,15,17,22H,6-9,11-13H2,1-2H3/t15-,17-/m0/s1. The largest absolute Gasteiger partial charge is 0.497 e. The van der Waals surface area contributed by atoms with Gasteiger partial charge in [0.15, 0.2) is 0 Å². The molecule has 132 valence electrons. The van der Waals surface area contributed by atoms with Crippen molar-refractivity contribution in [3.8, 4) is 5.75 Å². The molecule has 6 heteroatoms. The predicted octanol–water partition coefficient (Wildman–Crippen LogP) is 0.577. The van der Waals surface area contributed by atoms with E-state index >= 15 is 0 Å². The van der Waals surface area contributed by atoms with Gasteiger partial charge in [-0.15, -0.1) is 0 Å². The van der Waals surface area contributed by atoms with Gasteiger partial charge in [-0.1, -0.05) is 12.1 Å². The molecule has 0 saturated carbocycles. The monoisotopic (exact) mass is 333 g/mol. The van der Waals surface area contributed by atoms with Crippen molar-refractivity contribution in [1.82, 2.24) is 14.7 Å². The zero-order chi connectivity index (χ0) is 17.1. The summed E-state index contributed by atoms with van der Waals surface area (Å²) in [6.45, 7) is 4.33. The van der Waals surface area contributed by atoms with Gasteiger partial charge in [0.2, 0.25) is 5.91 Å². The van der Waals surface area contributed by atoms with Gasteiger partial charge in [0.25, 0.3) is 0 Å². The number of nitrogens with zero attached hydrogens (tertiary/aromatic N) is 3. The summed E-state index contributed by atoms with van der Waals surface area (Å²) < 4.78 is 5.30. The van der Waals surface area contributed by atoms with Crippen LogP contribution in [0.15, 0.2) is 24.3 Å². The second-order valence-electron chi connectivity index (χ2n) is 6.80. The lowest BCUT2D eigenvalue weighted by atomic mass is 10.0. The van der Waals surface area contributed by atoms with E-state index in [1.807, 2.05) is 29.2 Å². The number of rotatable bonds is 4. The molecule has 2 fully saturated rings. The zero-order valence-electron chi connectivity index (χ0n) is 14.5. The molecule has 0 aliphatic carbocycles. The number of hydrogen-bond donors (Lipinski definition) is 1. The number of likely N-dealkylation sites (N-methyl/N-ethyl adjacent to an activating group) is 1. The molecule has 0 spiro atoms. The van der Waals surface area contributed by atoms with Gasteiger partial charge < -0.3 is 19.6 Å². The number of β-amino-alcohol motifs (C(OH)–C–C–N with tert-alkyl or cyclic N) is 1. The molecule has 0 unspecified atom stereocenters. The first-order valence-electron chi connectivity index (χ1n) is 8.59. The van der Waals surface area contributed by atoms with Crippen LogP contribution >= 0.6 is 0 Å². The minimum atomic E-state index is -0.388. The second kappa shape index (κ2) is 7.51. The number of methoxy groups -OCH3 is 1. The summed E-state index contributed by atoms with van der Waals surface area (Å²) in [6.07, 6.45) is 0.268. The van der Waals surface area contributed by atoms with Crippen molar-refractivity contribution in [3.63, 3.8) is 0 Å². The Morgan fingerprint density at radius 3 is 2.75 bits per heavy atom. The Morgan fingerprint density at radius 2 is 2.04 bits per heavy atom. The molecule has 6 nitrogen and oxygen atoms in total. The third-order valence-electron chi connectivity index (χ3n) is 5.05. The molecule has 1 aromatic carbocycles. The quantitative estimate of drug-likeness (QED) is 0.873. The van der Waals surface area contributed by atoms with Crippen LogP contribution in [-0.4, -0.2) is 85.2 Å². The first-order valence-corrected chi connectivity index (χ1v) is 8.59. The highest BCUT2D eigenvalue weighted by atomic mass is 16.5. The Morgan fingerprint density at radius 1 is 1.29 bits per heavy atom. The predicted molar refractivity (Wildman–Crippen MR) is 92.0 cm³/mol. The number of carbonyl (C=O) groups is 1. The number of aliphatic hydroxyl groups is 1. The average molecular weight is 333 g/mol. The fourth-order valence-corrected chi connectivity index (χ4v) is 3.58. The molecule has 24 heavy (non-hydrogen) atoms. The smallest absolute Gasteiger partial charge is 0.236 e. The van der Waals surface area contributed by atoms with E-state index in [0.717, 1.165) is 37.5 Å². The first-order chi connectivity index (χ1) is 11.6. The van der Waals surface area contributed by atoms with Crippen LogP contribution in [0, 0.1) is 0 Å². The van der Waals surface area contributed by atoms with Gasteiger partial charge in [0.1, 0.15) is 5.75 Å². The second-order valence-corrected chi connectivity index (χ2v) is 6.80. The van der Waals surface area contributed by atoms with Crippen molar-refractivity contribution in [2.24, 2.45) is 0 Å². The highest BCUT2D eigenvalue weighted by Gasteiger charge is 2.34. The number of amides is 1. The lowest BCUT2D eigenvalue weighted by molar-refractivity contribution is -0.134. The van der Waals surface area contributed by atoms with Crippen LogP contribution in [0.4, 0.5) is 0 Å². The molecule has 0 radical (unpaired) electrons. The Labute approximate surface area is 143 Å². The molecule has 2 aliphatic heterocycles. The van der Waals surface area contributed by atoms with Crippen molar-refractivity contribution in [2.75, 3.05) is 53.4 Å². The maximum absolute atomic E-state index is 12.6.